The fourth-order valence-electron chi connectivity index (χ4n) is 2.56. The lowest BCUT2D eigenvalue weighted by Crippen LogP contribution is -2.52. The SMILES string of the molecule is [NH3+]OP(=O)(O)O[P+]([O-])(O[NH3+])OC[C@H]1O[C@@H]([N+]2=C[CH+]C(NC(=O)CCC(=O)O)=NC2=O)C[C@@H]1O. The van der Waals surface area contributed by atoms with Crippen LogP contribution in [0.2, 0.25) is 0 Å². The number of phosphoric acid groups is 2. The number of hydrogen-bond acceptors (Lipinski definition) is 11. The van der Waals surface area contributed by atoms with Crippen LogP contribution in [0.5, 0.6) is 0 Å². The zero-order valence-electron chi connectivity index (χ0n) is 16.8. The number of nitrogens with zero attached hydrogens (tertiary/aromatic N) is 2. The number of quaternary nitrogens is 2. The highest BCUT2D eigenvalue weighted by molar-refractivity contribution is 7.64. The van der Waals surface area contributed by atoms with Crippen molar-refractivity contribution < 1.29 is 78.1 Å². The van der Waals surface area contributed by atoms with Crippen LogP contribution in [0, 0.1) is 6.42 Å². The molecule has 0 aromatic heterocycles. The van der Waals surface area contributed by atoms with E-state index >= 15 is 0 Å². The summed E-state index contributed by atoms with van der Waals surface area (Å²) in [5.74, 6) is 3.58. The van der Waals surface area contributed by atoms with Gasteiger partial charge in [-0.2, -0.15) is 15.2 Å². The predicted octanol–water partition coefficient (Wildman–Crippen LogP) is -4.22. The van der Waals surface area contributed by atoms with Crippen molar-refractivity contribution >= 4 is 46.0 Å². The van der Waals surface area contributed by atoms with E-state index in [1.54, 1.807) is 0 Å². The number of carboxylic acids is 1. The summed E-state index contributed by atoms with van der Waals surface area (Å²) < 4.78 is 35.0. The molecule has 18 nitrogen and oxygen atoms in total. The summed E-state index contributed by atoms with van der Waals surface area (Å²) in [5, 5.41) is 21.0. The lowest BCUT2D eigenvalue weighted by Gasteiger charge is -2.21. The number of aliphatic imine (C=N–C) groups is 1. The lowest BCUT2D eigenvalue weighted by atomic mass is 10.2. The summed E-state index contributed by atoms with van der Waals surface area (Å²) in [4.78, 5) is 59.5. The van der Waals surface area contributed by atoms with Crippen LogP contribution in [0.1, 0.15) is 19.3 Å². The Bertz CT molecular complexity index is 885. The van der Waals surface area contributed by atoms with E-state index in [2.05, 4.69) is 35.7 Å². The van der Waals surface area contributed by atoms with E-state index in [9.17, 15) is 33.8 Å². The summed E-state index contributed by atoms with van der Waals surface area (Å²) in [7, 11) is -9.55. The third kappa shape index (κ3) is 8.11. The smallest absolute Gasteiger partial charge is 0.557 e. The molecular weight excluding hydrogens is 496 g/mol. The topological polar surface area (TPSA) is 281 Å². The molecule has 0 radical (unpaired) electrons. The van der Waals surface area contributed by atoms with Gasteiger partial charge in [-0.1, -0.05) is 8.94 Å². The largest absolute Gasteiger partial charge is 0.601 e. The predicted molar refractivity (Wildman–Crippen MR) is 99.5 cm³/mol. The number of amides is 3. The summed E-state index contributed by atoms with van der Waals surface area (Å²) in [6, 6.07) is -0.853. The fourth-order valence-corrected chi connectivity index (χ4v) is 4.54. The molecule has 0 spiro atoms. The van der Waals surface area contributed by atoms with Crippen molar-refractivity contribution in [1.82, 2.24) is 5.32 Å². The van der Waals surface area contributed by atoms with Crippen molar-refractivity contribution in [2.24, 2.45) is 4.99 Å². The average Bonchev–Trinajstić information content (AvgIpc) is 3.11. The number of aliphatic hydroxyl groups is 1. The molecule has 5 atom stereocenters. The van der Waals surface area contributed by atoms with E-state index in [1.165, 1.54) is 12.6 Å². The van der Waals surface area contributed by atoms with Gasteiger partial charge >= 0.3 is 33.8 Å². The zero-order valence-corrected chi connectivity index (χ0v) is 18.6. The van der Waals surface area contributed by atoms with E-state index in [4.69, 9.17) is 14.4 Å². The Morgan fingerprint density at radius 3 is 2.73 bits per heavy atom. The molecule has 2 aliphatic heterocycles. The van der Waals surface area contributed by atoms with E-state index in [0.29, 0.717) is 0 Å². The molecule has 0 saturated carbocycles. The van der Waals surface area contributed by atoms with Crippen LogP contribution in [0.4, 0.5) is 4.79 Å². The van der Waals surface area contributed by atoms with Gasteiger partial charge in [0, 0.05) is 12.8 Å². The summed E-state index contributed by atoms with van der Waals surface area (Å²) in [6.07, 6.45) is -1.75. The van der Waals surface area contributed by atoms with Crippen LogP contribution >= 0.6 is 16.0 Å². The van der Waals surface area contributed by atoms with E-state index in [0.717, 1.165) is 4.58 Å². The van der Waals surface area contributed by atoms with Gasteiger partial charge in [0.15, 0.2) is 0 Å². The van der Waals surface area contributed by atoms with Gasteiger partial charge in [-0.25, -0.2) is 10.5 Å². The minimum atomic E-state index is -4.86. The van der Waals surface area contributed by atoms with Crippen molar-refractivity contribution in [2.75, 3.05) is 6.61 Å². The highest BCUT2D eigenvalue weighted by Gasteiger charge is 2.50. The molecule has 0 aromatic carbocycles. The highest BCUT2D eigenvalue weighted by Crippen LogP contribution is 2.64. The monoisotopic (exact) mass is 519 g/mol. The second-order valence-corrected chi connectivity index (χ2v) is 9.69. The summed E-state index contributed by atoms with van der Waals surface area (Å²) >= 11 is 0. The van der Waals surface area contributed by atoms with Gasteiger partial charge in [0.05, 0.1) is 17.5 Å². The van der Waals surface area contributed by atoms with Gasteiger partial charge in [0.1, 0.15) is 12.7 Å². The van der Waals surface area contributed by atoms with Gasteiger partial charge in [-0.3, -0.25) is 19.8 Å². The quantitative estimate of drug-likeness (QED) is 0.0654. The minimum absolute atomic E-state index is 0.114. The molecule has 2 aliphatic rings. The number of carbonyl (C=O) groups excluding carboxylic acids is 2. The van der Waals surface area contributed by atoms with Crippen molar-refractivity contribution in [1.29, 1.82) is 0 Å². The Morgan fingerprint density at radius 1 is 1.45 bits per heavy atom. The number of nitrogens with one attached hydrogen (secondary N) is 1. The lowest BCUT2D eigenvalue weighted by molar-refractivity contribution is -0.657. The summed E-state index contributed by atoms with van der Waals surface area (Å²) in [5.41, 5.74) is 0. The third-order valence-corrected chi connectivity index (χ3v) is 6.83. The first-order valence-electron chi connectivity index (χ1n) is 8.98. The zero-order chi connectivity index (χ0) is 24.8. The normalized spacial score (nSPS) is 26.5. The Labute approximate surface area is 185 Å². The van der Waals surface area contributed by atoms with Crippen LogP contribution in [0.25, 0.3) is 0 Å². The third-order valence-electron chi connectivity index (χ3n) is 4.10. The molecule has 0 aromatic rings. The molecular formula is C13H23N5O13P2+4. The highest BCUT2D eigenvalue weighted by atomic mass is 31.3. The Kier molecular flexibility index (Phi) is 9.50. The number of carboxylic acid groups (broad SMARTS) is 1. The van der Waals surface area contributed by atoms with Crippen molar-refractivity contribution in [3.8, 4) is 0 Å². The number of ether oxygens (including phenoxy) is 1. The Balaban J connectivity index is 1.92. The van der Waals surface area contributed by atoms with Crippen LogP contribution in [0.3, 0.4) is 0 Å². The maximum absolute atomic E-state index is 12.3. The average molecular weight is 519 g/mol. The first-order chi connectivity index (χ1) is 15.4. The molecule has 1 fully saturated rings. The number of rotatable bonds is 11. The van der Waals surface area contributed by atoms with Crippen molar-refractivity contribution in [3.63, 3.8) is 0 Å². The standard InChI is InChI=1S/C13H20N5O13P2/c14-29-32(24,25)31-33(26,30-15)27-6-8-7(19)5-11(28-8)18-4-3-9(17-13(18)23)16-10(20)1-2-12(21)22/h3-4,7-8,11,19H,1-2,5-6H2,14-15H3/q+1/p+3/t7-,8+,11+,33?/m0/s1. The van der Waals surface area contributed by atoms with Crippen molar-refractivity contribution in [2.45, 2.75) is 37.7 Å². The van der Waals surface area contributed by atoms with Crippen LogP contribution in [0.15, 0.2) is 4.99 Å². The maximum atomic E-state index is 12.3. The second-order valence-electron chi connectivity index (χ2n) is 6.43. The van der Waals surface area contributed by atoms with Gasteiger partial charge < -0.3 is 19.8 Å². The number of amidine groups is 1. The molecule has 2 rings (SSSR count). The summed E-state index contributed by atoms with van der Waals surface area (Å²) in [6.45, 7) is -0.651. The molecule has 3 amide bonds. The fraction of sp³-hybridized carbons (Fsp3) is 0.538. The van der Waals surface area contributed by atoms with Crippen LogP contribution in [-0.4, -0.2) is 74.7 Å². The van der Waals surface area contributed by atoms with Gasteiger partial charge in [0.25, 0.3) is 6.21 Å². The van der Waals surface area contributed by atoms with Crippen LogP contribution < -0.4 is 22.0 Å². The molecule has 0 bridgehead atoms. The van der Waals surface area contributed by atoms with E-state index in [-0.39, 0.29) is 18.7 Å². The van der Waals surface area contributed by atoms with E-state index < -0.39 is 65.4 Å². The molecule has 10 N–H and O–H groups in total. The van der Waals surface area contributed by atoms with Crippen molar-refractivity contribution in [3.05, 3.63) is 6.42 Å². The minimum Gasteiger partial charge on any atom is -0.601 e. The van der Waals surface area contributed by atoms with E-state index in [1.807, 2.05) is 0 Å². The molecule has 184 valence electrons. The van der Waals surface area contributed by atoms with Crippen LogP contribution in [-0.2, 0) is 37.0 Å². The first-order valence-corrected chi connectivity index (χ1v) is 11.9. The molecule has 0 aliphatic carbocycles. The van der Waals surface area contributed by atoms with Gasteiger partial charge in [-0.15, -0.1) is 4.58 Å². The molecule has 2 unspecified atom stereocenters. The Hall–Kier alpha value is -1.92. The molecule has 33 heavy (non-hydrogen) atoms. The number of hydrogen-bond donors (Lipinski definition) is 6. The number of aliphatic hydroxyl groups excluding tert-OH is 1. The molecule has 2 heterocycles. The molecule has 20 heteroatoms. The number of aliphatic carboxylic acids is 1. The number of carbonyl (C=O) groups is 3. The number of urea groups is 1. The first kappa shape index (κ1) is 27.3. The van der Waals surface area contributed by atoms with Gasteiger partial charge in [0.2, 0.25) is 18.6 Å². The maximum Gasteiger partial charge on any atom is 0.557 e. The van der Waals surface area contributed by atoms with Gasteiger partial charge in [-0.05, 0) is 4.62 Å². The second kappa shape index (κ2) is 11.5. The Morgan fingerprint density at radius 2 is 2.15 bits per heavy atom. The molecule has 1 saturated heterocycles.